The van der Waals surface area contributed by atoms with E-state index in [1.165, 1.54) is 21.8 Å². The third-order valence-corrected chi connectivity index (χ3v) is 8.35. The van der Waals surface area contributed by atoms with E-state index in [0.29, 0.717) is 52.4 Å². The molecule has 2 aliphatic heterocycles. The van der Waals surface area contributed by atoms with E-state index in [9.17, 15) is 18.8 Å². The van der Waals surface area contributed by atoms with Crippen molar-refractivity contribution >= 4 is 40.3 Å². The van der Waals surface area contributed by atoms with Crippen molar-refractivity contribution in [3.8, 4) is 5.69 Å². The number of amides is 3. The predicted molar refractivity (Wildman–Crippen MR) is 163 cm³/mol. The van der Waals surface area contributed by atoms with Crippen molar-refractivity contribution in [3.05, 3.63) is 64.5 Å². The summed E-state index contributed by atoms with van der Waals surface area (Å²) in [4.78, 5) is 44.9. The van der Waals surface area contributed by atoms with Gasteiger partial charge in [0, 0.05) is 38.7 Å². The molecule has 45 heavy (non-hydrogen) atoms. The Kier molecular flexibility index (Phi) is 7.17. The second kappa shape index (κ2) is 10.7. The lowest BCUT2D eigenvalue weighted by atomic mass is 9.99. The molecule has 0 unspecified atom stereocenters. The molecule has 2 aromatic heterocycles. The number of fused-ring (bicyclic) bond motifs is 2. The molecule has 1 fully saturated rings. The lowest BCUT2D eigenvalue weighted by Gasteiger charge is -2.38. The van der Waals surface area contributed by atoms with Crippen LogP contribution >= 0.6 is 0 Å². The molecule has 4 aromatic rings. The Morgan fingerprint density at radius 1 is 0.978 bits per heavy atom. The Bertz CT molecular complexity index is 1870. The lowest BCUT2D eigenvalue weighted by Crippen LogP contribution is -2.56. The van der Waals surface area contributed by atoms with E-state index in [1.54, 1.807) is 69.4 Å². The maximum atomic E-state index is 15.6. The molecular weight excluding hydrogens is 584 g/mol. The van der Waals surface area contributed by atoms with Gasteiger partial charge >= 0.3 is 17.9 Å². The Hall–Kier alpha value is -4.81. The van der Waals surface area contributed by atoms with Crippen LogP contribution in [0, 0.1) is 25.5 Å². The highest BCUT2D eigenvalue weighted by Gasteiger charge is 2.43. The van der Waals surface area contributed by atoms with Gasteiger partial charge in [0.2, 0.25) is 0 Å². The second-order valence-corrected chi connectivity index (χ2v) is 12.6. The van der Waals surface area contributed by atoms with Crippen molar-refractivity contribution in [1.82, 2.24) is 24.5 Å². The molecule has 3 amide bonds. The van der Waals surface area contributed by atoms with Gasteiger partial charge in [-0.05, 0) is 76.9 Å². The molecule has 0 aliphatic carbocycles. The zero-order chi connectivity index (χ0) is 32.5. The van der Waals surface area contributed by atoms with Crippen LogP contribution in [0.25, 0.3) is 16.6 Å². The first-order chi connectivity index (χ1) is 21.2. The molecule has 6 rings (SSSR count). The first-order valence-corrected chi connectivity index (χ1v) is 14.8. The van der Waals surface area contributed by atoms with Crippen molar-refractivity contribution in [2.75, 3.05) is 29.4 Å². The van der Waals surface area contributed by atoms with Gasteiger partial charge in [-0.3, -0.25) is 24.1 Å². The summed E-state index contributed by atoms with van der Waals surface area (Å²) >= 11 is 0. The van der Waals surface area contributed by atoms with Crippen LogP contribution in [0.5, 0.6) is 0 Å². The van der Waals surface area contributed by atoms with Crippen LogP contribution in [0.4, 0.5) is 25.1 Å². The molecule has 2 aromatic carbocycles. The van der Waals surface area contributed by atoms with Crippen molar-refractivity contribution < 1.29 is 27.9 Å². The largest absolute Gasteiger partial charge is 0.444 e. The summed E-state index contributed by atoms with van der Waals surface area (Å²) < 4.78 is 39.0. The molecule has 236 valence electrons. The topological polar surface area (TPSA) is 106 Å². The van der Waals surface area contributed by atoms with Gasteiger partial charge in [0.1, 0.15) is 17.2 Å². The summed E-state index contributed by atoms with van der Waals surface area (Å²) in [6, 6.07) is 5.81. The van der Waals surface area contributed by atoms with Crippen LogP contribution < -0.4 is 9.80 Å². The average Bonchev–Trinajstić information content (AvgIpc) is 3.54. The fraction of sp³-hybridized carbons (Fsp3) is 0.406. The highest BCUT2D eigenvalue weighted by molar-refractivity contribution is 6.45. The number of hydrogen-bond acceptors (Lipinski definition) is 6. The van der Waals surface area contributed by atoms with Crippen LogP contribution in [-0.4, -0.2) is 67.6 Å². The van der Waals surface area contributed by atoms with E-state index in [4.69, 9.17) is 9.84 Å². The van der Waals surface area contributed by atoms with Crippen molar-refractivity contribution in [2.45, 2.75) is 59.6 Å². The highest BCUT2D eigenvalue weighted by atomic mass is 19.1. The third kappa shape index (κ3) is 4.99. The van der Waals surface area contributed by atoms with Crippen LogP contribution in [0.3, 0.4) is 0 Å². The average molecular weight is 620 g/mol. The molecule has 1 atom stereocenters. The summed E-state index contributed by atoms with van der Waals surface area (Å²) in [6.07, 6.45) is 1.24. The number of aromatic nitrogens is 4. The van der Waals surface area contributed by atoms with Gasteiger partial charge in [-0.2, -0.15) is 10.2 Å². The van der Waals surface area contributed by atoms with Gasteiger partial charge in [0.05, 0.1) is 40.2 Å². The maximum absolute atomic E-state index is 15.6. The summed E-state index contributed by atoms with van der Waals surface area (Å²) in [5.41, 5.74) is 2.33. The fourth-order valence-electron chi connectivity index (χ4n) is 6.17. The molecule has 0 radical (unpaired) electrons. The van der Waals surface area contributed by atoms with E-state index in [1.807, 2.05) is 6.92 Å². The van der Waals surface area contributed by atoms with Gasteiger partial charge in [-0.1, -0.05) is 0 Å². The normalized spacial score (nSPS) is 17.4. The minimum atomic E-state index is -0.913. The van der Waals surface area contributed by atoms with Gasteiger partial charge in [0.25, 0.3) is 0 Å². The number of piperazine rings is 1. The summed E-state index contributed by atoms with van der Waals surface area (Å²) in [7, 11) is 1.69. The van der Waals surface area contributed by atoms with Gasteiger partial charge in [-0.15, -0.1) is 0 Å². The molecule has 0 bridgehead atoms. The fourth-order valence-corrected chi connectivity index (χ4v) is 6.17. The van der Waals surface area contributed by atoms with Crippen molar-refractivity contribution in [2.24, 2.45) is 7.05 Å². The number of halogens is 2. The molecule has 0 N–H and O–H groups in total. The standard InChI is InChI=1S/C32H35F2N7O4/c1-17-14-20(15-18(2)26(17)33)41-28(25-19(3)38(11-10-22(25)36-41)31(44)45-32(4,5)6)40-13-12-39(29(42)30(40)43)24-9-8-23-21(27(24)34)16-35-37(23)7/h8-9,14-16,19H,10-13H2,1-7H3/t19-/m0/s1. The summed E-state index contributed by atoms with van der Waals surface area (Å²) in [5.74, 6) is -2.49. The summed E-state index contributed by atoms with van der Waals surface area (Å²) in [6.45, 7) is 10.8. The number of carbonyl (C=O) groups excluding carboxylic acids is 3. The smallest absolute Gasteiger partial charge is 0.410 e. The van der Waals surface area contributed by atoms with E-state index >= 15 is 4.39 Å². The number of ether oxygens (including phenoxy) is 1. The molecule has 13 heteroatoms. The van der Waals surface area contributed by atoms with Crippen LogP contribution in [0.15, 0.2) is 30.5 Å². The van der Waals surface area contributed by atoms with Crippen LogP contribution in [-0.2, 0) is 27.8 Å². The SMILES string of the molecule is Cc1cc(-n2nc3c(c2N2CCN(c4ccc5c(cnn5C)c4F)C(=O)C2=O)[C@H](C)N(C(=O)OC(C)(C)C)CC3)cc(C)c1F. The Morgan fingerprint density at radius 2 is 1.62 bits per heavy atom. The summed E-state index contributed by atoms with van der Waals surface area (Å²) in [5, 5.41) is 9.17. The molecule has 1 saturated heterocycles. The maximum Gasteiger partial charge on any atom is 0.410 e. The van der Waals surface area contributed by atoms with Crippen LogP contribution in [0.1, 0.15) is 56.1 Å². The first kappa shape index (κ1) is 30.2. The number of rotatable bonds is 3. The van der Waals surface area contributed by atoms with Crippen molar-refractivity contribution in [3.63, 3.8) is 0 Å². The first-order valence-electron chi connectivity index (χ1n) is 14.8. The van der Waals surface area contributed by atoms with Crippen LogP contribution in [0.2, 0.25) is 0 Å². The van der Waals surface area contributed by atoms with Gasteiger partial charge in [0.15, 0.2) is 5.82 Å². The zero-order valence-electron chi connectivity index (χ0n) is 26.3. The monoisotopic (exact) mass is 619 g/mol. The van der Waals surface area contributed by atoms with Crippen molar-refractivity contribution in [1.29, 1.82) is 0 Å². The molecule has 4 heterocycles. The van der Waals surface area contributed by atoms with Gasteiger partial charge < -0.3 is 9.64 Å². The molecule has 0 saturated carbocycles. The van der Waals surface area contributed by atoms with E-state index < -0.39 is 35.4 Å². The third-order valence-electron chi connectivity index (χ3n) is 8.35. The second-order valence-electron chi connectivity index (χ2n) is 12.6. The predicted octanol–water partition coefficient (Wildman–Crippen LogP) is 4.89. The molecule has 0 spiro atoms. The lowest BCUT2D eigenvalue weighted by molar-refractivity contribution is -0.136. The van der Waals surface area contributed by atoms with E-state index in [0.717, 1.165) is 4.90 Å². The highest BCUT2D eigenvalue weighted by Crippen LogP contribution is 2.40. The van der Waals surface area contributed by atoms with Gasteiger partial charge in [-0.25, -0.2) is 18.3 Å². The van der Waals surface area contributed by atoms with E-state index in [-0.39, 0.29) is 30.0 Å². The quantitative estimate of drug-likeness (QED) is 0.303. The number of anilines is 2. The number of hydrogen-bond donors (Lipinski definition) is 0. The molecule has 2 aliphatic rings. The Morgan fingerprint density at radius 3 is 2.29 bits per heavy atom. The molecular formula is C32H35F2N7O4. The Labute approximate surface area is 258 Å². The number of carbonyl (C=O) groups is 3. The number of nitrogens with zero attached hydrogens (tertiary/aromatic N) is 7. The Balaban J connectivity index is 1.44. The van der Waals surface area contributed by atoms with E-state index in [2.05, 4.69) is 5.10 Å². The molecule has 11 nitrogen and oxygen atoms in total. The minimum Gasteiger partial charge on any atom is -0.444 e. The number of benzene rings is 2. The zero-order valence-corrected chi connectivity index (χ0v) is 26.3. The minimum absolute atomic E-state index is 0.00114. The number of aryl methyl sites for hydroxylation is 3.